The minimum absolute atomic E-state index is 0.395. The van der Waals surface area contributed by atoms with Crippen molar-refractivity contribution in [1.29, 1.82) is 0 Å². The predicted molar refractivity (Wildman–Crippen MR) is 68.6 cm³/mol. The second kappa shape index (κ2) is 6.87. The number of nitrogens with zero attached hydrogens (tertiary/aromatic N) is 1. The van der Waals surface area contributed by atoms with Crippen molar-refractivity contribution in [3.05, 3.63) is 0 Å². The molecule has 1 aliphatic heterocycles. The van der Waals surface area contributed by atoms with E-state index in [9.17, 15) is 0 Å². The van der Waals surface area contributed by atoms with Crippen LogP contribution in [-0.2, 0) is 4.74 Å². The Morgan fingerprint density at radius 3 is 2.40 bits per heavy atom. The van der Waals surface area contributed by atoms with E-state index in [1.807, 2.05) is 0 Å². The van der Waals surface area contributed by atoms with Crippen LogP contribution in [0.5, 0.6) is 0 Å². The molecule has 0 aliphatic carbocycles. The van der Waals surface area contributed by atoms with Crippen LogP contribution in [0.1, 0.15) is 33.6 Å². The first-order valence-corrected chi connectivity index (χ1v) is 7.21. The first kappa shape index (κ1) is 13.5. The van der Waals surface area contributed by atoms with E-state index in [1.54, 1.807) is 0 Å². The third-order valence-electron chi connectivity index (χ3n) is 2.93. The van der Waals surface area contributed by atoms with E-state index in [2.05, 4.69) is 41.6 Å². The number of hydrogen-bond donors (Lipinski definition) is 0. The Morgan fingerprint density at radius 2 is 1.93 bits per heavy atom. The standard InChI is InChI=1S/C12H24BrNO/c1-4-5-12(6-13)9-14-7-10(2)15-11(3)8-14/h10-12H,4-9H2,1-3H3. The lowest BCUT2D eigenvalue weighted by atomic mass is 10.0. The van der Waals surface area contributed by atoms with Crippen LogP contribution in [0, 0.1) is 5.92 Å². The zero-order chi connectivity index (χ0) is 11.3. The Bertz CT molecular complexity index is 167. The maximum absolute atomic E-state index is 5.74. The second-order valence-electron chi connectivity index (χ2n) is 4.78. The van der Waals surface area contributed by atoms with Crippen molar-refractivity contribution >= 4 is 15.9 Å². The summed E-state index contributed by atoms with van der Waals surface area (Å²) in [5.41, 5.74) is 0. The Kier molecular flexibility index (Phi) is 6.17. The molecular weight excluding hydrogens is 254 g/mol. The summed E-state index contributed by atoms with van der Waals surface area (Å²) in [6.45, 7) is 10.0. The highest BCUT2D eigenvalue weighted by molar-refractivity contribution is 9.09. The fourth-order valence-electron chi connectivity index (χ4n) is 2.42. The SMILES string of the molecule is CCCC(CBr)CN1CC(C)OC(C)C1. The second-order valence-corrected chi connectivity index (χ2v) is 5.43. The highest BCUT2D eigenvalue weighted by Gasteiger charge is 2.23. The van der Waals surface area contributed by atoms with Crippen molar-refractivity contribution < 1.29 is 4.74 Å². The first-order chi connectivity index (χ1) is 7.15. The molecule has 0 bridgehead atoms. The molecule has 0 saturated carbocycles. The average molecular weight is 278 g/mol. The smallest absolute Gasteiger partial charge is 0.0678 e. The summed E-state index contributed by atoms with van der Waals surface area (Å²) in [5.74, 6) is 0.799. The maximum atomic E-state index is 5.74. The van der Waals surface area contributed by atoms with Crippen molar-refractivity contribution in [2.24, 2.45) is 5.92 Å². The zero-order valence-electron chi connectivity index (χ0n) is 10.2. The van der Waals surface area contributed by atoms with Crippen LogP contribution in [0.15, 0.2) is 0 Å². The molecule has 3 unspecified atom stereocenters. The Labute approximate surface area is 102 Å². The van der Waals surface area contributed by atoms with Gasteiger partial charge in [-0.25, -0.2) is 0 Å². The number of halogens is 1. The van der Waals surface area contributed by atoms with Gasteiger partial charge in [0.2, 0.25) is 0 Å². The largest absolute Gasteiger partial charge is 0.373 e. The molecule has 2 nitrogen and oxygen atoms in total. The summed E-state index contributed by atoms with van der Waals surface area (Å²) >= 11 is 3.62. The molecule has 1 aliphatic rings. The van der Waals surface area contributed by atoms with Gasteiger partial charge in [-0.2, -0.15) is 0 Å². The lowest BCUT2D eigenvalue weighted by Crippen LogP contribution is -2.47. The topological polar surface area (TPSA) is 12.5 Å². The van der Waals surface area contributed by atoms with Crippen molar-refractivity contribution in [1.82, 2.24) is 4.90 Å². The third-order valence-corrected chi connectivity index (χ3v) is 3.84. The van der Waals surface area contributed by atoms with Gasteiger partial charge < -0.3 is 4.74 Å². The van der Waals surface area contributed by atoms with E-state index < -0.39 is 0 Å². The van der Waals surface area contributed by atoms with Gasteiger partial charge in [0, 0.05) is 25.0 Å². The molecule has 0 amide bonds. The molecule has 90 valence electrons. The maximum Gasteiger partial charge on any atom is 0.0678 e. The number of rotatable bonds is 5. The molecule has 1 fully saturated rings. The van der Waals surface area contributed by atoms with Crippen LogP contribution < -0.4 is 0 Å². The summed E-state index contributed by atoms with van der Waals surface area (Å²) < 4.78 is 5.74. The van der Waals surface area contributed by atoms with Crippen LogP contribution in [0.25, 0.3) is 0 Å². The summed E-state index contributed by atoms with van der Waals surface area (Å²) in [5, 5.41) is 1.13. The van der Waals surface area contributed by atoms with Gasteiger partial charge in [0.15, 0.2) is 0 Å². The molecule has 0 aromatic heterocycles. The summed E-state index contributed by atoms with van der Waals surface area (Å²) in [7, 11) is 0. The minimum Gasteiger partial charge on any atom is -0.373 e. The van der Waals surface area contributed by atoms with Crippen LogP contribution in [0.2, 0.25) is 0 Å². The van der Waals surface area contributed by atoms with E-state index >= 15 is 0 Å². The summed E-state index contributed by atoms with van der Waals surface area (Å²) in [4.78, 5) is 2.56. The van der Waals surface area contributed by atoms with Gasteiger partial charge in [-0.05, 0) is 26.2 Å². The molecule has 15 heavy (non-hydrogen) atoms. The molecule has 0 aromatic carbocycles. The summed E-state index contributed by atoms with van der Waals surface area (Å²) in [6, 6.07) is 0. The highest BCUT2D eigenvalue weighted by atomic mass is 79.9. The van der Waals surface area contributed by atoms with Crippen molar-refractivity contribution in [2.45, 2.75) is 45.8 Å². The normalized spacial score (nSPS) is 30.4. The number of morpholine rings is 1. The van der Waals surface area contributed by atoms with Crippen molar-refractivity contribution in [2.75, 3.05) is 25.0 Å². The summed E-state index contributed by atoms with van der Waals surface area (Å²) in [6.07, 6.45) is 3.40. The molecule has 0 spiro atoms. The van der Waals surface area contributed by atoms with E-state index in [1.165, 1.54) is 19.4 Å². The van der Waals surface area contributed by atoms with Gasteiger partial charge in [0.1, 0.15) is 0 Å². The minimum atomic E-state index is 0.395. The molecule has 1 saturated heterocycles. The highest BCUT2D eigenvalue weighted by Crippen LogP contribution is 2.16. The van der Waals surface area contributed by atoms with Crippen LogP contribution in [-0.4, -0.2) is 42.1 Å². The van der Waals surface area contributed by atoms with Crippen molar-refractivity contribution in [3.63, 3.8) is 0 Å². The van der Waals surface area contributed by atoms with Crippen molar-refractivity contribution in [3.8, 4) is 0 Å². The fourth-order valence-corrected chi connectivity index (χ4v) is 2.95. The molecular formula is C12H24BrNO. The molecule has 0 N–H and O–H groups in total. The lowest BCUT2D eigenvalue weighted by molar-refractivity contribution is -0.0709. The first-order valence-electron chi connectivity index (χ1n) is 6.09. The Balaban J connectivity index is 2.35. The van der Waals surface area contributed by atoms with Gasteiger partial charge in [-0.1, -0.05) is 29.3 Å². The van der Waals surface area contributed by atoms with Crippen LogP contribution in [0.4, 0.5) is 0 Å². The van der Waals surface area contributed by atoms with Gasteiger partial charge in [0.05, 0.1) is 12.2 Å². The molecule has 3 atom stereocenters. The van der Waals surface area contributed by atoms with Crippen LogP contribution in [0.3, 0.4) is 0 Å². The van der Waals surface area contributed by atoms with E-state index in [0.717, 1.165) is 24.3 Å². The average Bonchev–Trinajstić information content (AvgIpc) is 2.15. The predicted octanol–water partition coefficient (Wildman–Crippen LogP) is 2.91. The van der Waals surface area contributed by atoms with Gasteiger partial charge in [-0.15, -0.1) is 0 Å². The Hall–Kier alpha value is 0.400. The zero-order valence-corrected chi connectivity index (χ0v) is 11.8. The van der Waals surface area contributed by atoms with Gasteiger partial charge in [0.25, 0.3) is 0 Å². The van der Waals surface area contributed by atoms with Gasteiger partial charge in [-0.3, -0.25) is 4.90 Å². The fraction of sp³-hybridized carbons (Fsp3) is 1.00. The van der Waals surface area contributed by atoms with E-state index in [-0.39, 0.29) is 0 Å². The molecule has 1 heterocycles. The van der Waals surface area contributed by atoms with Crippen LogP contribution >= 0.6 is 15.9 Å². The van der Waals surface area contributed by atoms with Gasteiger partial charge >= 0.3 is 0 Å². The molecule has 3 heteroatoms. The monoisotopic (exact) mass is 277 g/mol. The van der Waals surface area contributed by atoms with E-state index in [4.69, 9.17) is 4.74 Å². The number of alkyl halides is 1. The lowest BCUT2D eigenvalue weighted by Gasteiger charge is -2.37. The quantitative estimate of drug-likeness (QED) is 0.717. The molecule has 1 rings (SSSR count). The third kappa shape index (κ3) is 4.83. The molecule has 0 aromatic rings. The molecule has 0 radical (unpaired) electrons. The number of hydrogen-bond acceptors (Lipinski definition) is 2. The van der Waals surface area contributed by atoms with E-state index in [0.29, 0.717) is 12.2 Å². The Morgan fingerprint density at radius 1 is 1.33 bits per heavy atom. The number of ether oxygens (including phenoxy) is 1.